The predicted octanol–water partition coefficient (Wildman–Crippen LogP) is 3.35. The Labute approximate surface area is 148 Å². The van der Waals surface area contributed by atoms with Crippen LogP contribution < -0.4 is 24.3 Å². The summed E-state index contributed by atoms with van der Waals surface area (Å²) in [6.45, 7) is -0.562. The summed E-state index contributed by atoms with van der Waals surface area (Å²) in [5.74, 6) is 0.893. The maximum atomic E-state index is 12.4. The van der Waals surface area contributed by atoms with E-state index in [0.717, 1.165) is 5.56 Å². The third-order valence-electron chi connectivity index (χ3n) is 3.61. The SMILES string of the molecule is CCOc1cc(C(=O)NCc2ccc3c(c2)OCO3)ccc1OC(F)F. The number of carbonyl (C=O) groups is 1. The van der Waals surface area contributed by atoms with Crippen LogP contribution in [0.1, 0.15) is 22.8 Å². The van der Waals surface area contributed by atoms with E-state index in [9.17, 15) is 13.6 Å². The monoisotopic (exact) mass is 365 g/mol. The molecule has 0 saturated heterocycles. The second kappa shape index (κ2) is 7.90. The number of hydrogen-bond acceptors (Lipinski definition) is 5. The summed E-state index contributed by atoms with van der Waals surface area (Å²) in [6.07, 6.45) is 0. The van der Waals surface area contributed by atoms with E-state index in [2.05, 4.69) is 10.1 Å². The normalized spacial score (nSPS) is 12.2. The smallest absolute Gasteiger partial charge is 0.387 e. The van der Waals surface area contributed by atoms with E-state index in [1.807, 2.05) is 6.07 Å². The molecule has 0 aliphatic carbocycles. The van der Waals surface area contributed by atoms with Crippen LogP contribution in [0.3, 0.4) is 0 Å². The molecule has 0 spiro atoms. The van der Waals surface area contributed by atoms with Gasteiger partial charge in [0.05, 0.1) is 6.61 Å². The molecule has 3 rings (SSSR count). The Morgan fingerprint density at radius 1 is 1.15 bits per heavy atom. The topological polar surface area (TPSA) is 66.0 Å². The number of hydrogen-bond donors (Lipinski definition) is 1. The minimum Gasteiger partial charge on any atom is -0.490 e. The van der Waals surface area contributed by atoms with E-state index >= 15 is 0 Å². The van der Waals surface area contributed by atoms with Crippen molar-refractivity contribution in [2.75, 3.05) is 13.4 Å². The number of fused-ring (bicyclic) bond motifs is 1. The van der Waals surface area contributed by atoms with Crippen molar-refractivity contribution in [3.05, 3.63) is 47.5 Å². The molecule has 1 N–H and O–H groups in total. The van der Waals surface area contributed by atoms with Crippen molar-refractivity contribution in [1.29, 1.82) is 0 Å². The first-order chi connectivity index (χ1) is 12.6. The standard InChI is InChI=1S/C18H17F2NO5/c1-2-23-16-8-12(4-6-14(16)26-18(19)20)17(22)21-9-11-3-5-13-15(7-11)25-10-24-13/h3-8,18H,2,9-10H2,1H3,(H,21,22). The van der Waals surface area contributed by atoms with E-state index in [0.29, 0.717) is 11.5 Å². The zero-order valence-electron chi connectivity index (χ0n) is 14.0. The zero-order chi connectivity index (χ0) is 18.5. The van der Waals surface area contributed by atoms with Gasteiger partial charge in [-0.05, 0) is 42.8 Å². The minimum absolute atomic E-state index is 0.0866. The fourth-order valence-corrected chi connectivity index (χ4v) is 2.45. The Balaban J connectivity index is 1.68. The van der Waals surface area contributed by atoms with Crippen LogP contribution in [0.2, 0.25) is 0 Å². The third-order valence-corrected chi connectivity index (χ3v) is 3.61. The highest BCUT2D eigenvalue weighted by Gasteiger charge is 2.16. The Morgan fingerprint density at radius 2 is 1.96 bits per heavy atom. The van der Waals surface area contributed by atoms with Crippen LogP contribution in [0.25, 0.3) is 0 Å². The van der Waals surface area contributed by atoms with Crippen molar-refractivity contribution < 1.29 is 32.5 Å². The lowest BCUT2D eigenvalue weighted by molar-refractivity contribution is -0.0514. The van der Waals surface area contributed by atoms with Crippen molar-refractivity contribution >= 4 is 5.91 Å². The largest absolute Gasteiger partial charge is 0.490 e. The number of benzene rings is 2. The molecule has 138 valence electrons. The Hall–Kier alpha value is -3.03. The molecule has 0 fully saturated rings. The van der Waals surface area contributed by atoms with Gasteiger partial charge in [0.25, 0.3) is 5.91 Å². The molecule has 2 aromatic rings. The van der Waals surface area contributed by atoms with Crippen LogP contribution in [0.4, 0.5) is 8.78 Å². The van der Waals surface area contributed by atoms with Crippen molar-refractivity contribution in [2.45, 2.75) is 20.1 Å². The van der Waals surface area contributed by atoms with Gasteiger partial charge in [-0.3, -0.25) is 4.79 Å². The van der Waals surface area contributed by atoms with Gasteiger partial charge < -0.3 is 24.3 Å². The highest BCUT2D eigenvalue weighted by molar-refractivity contribution is 5.94. The second-order valence-corrected chi connectivity index (χ2v) is 5.34. The van der Waals surface area contributed by atoms with Crippen LogP contribution >= 0.6 is 0 Å². The van der Waals surface area contributed by atoms with Gasteiger partial charge in [-0.25, -0.2) is 0 Å². The Morgan fingerprint density at radius 3 is 2.73 bits per heavy atom. The molecule has 6 nitrogen and oxygen atoms in total. The second-order valence-electron chi connectivity index (χ2n) is 5.34. The van der Waals surface area contributed by atoms with E-state index in [1.54, 1.807) is 19.1 Å². The molecule has 0 aromatic heterocycles. The van der Waals surface area contributed by atoms with Crippen molar-refractivity contribution in [3.63, 3.8) is 0 Å². The number of carbonyl (C=O) groups excluding carboxylic acids is 1. The summed E-state index contributed by atoms with van der Waals surface area (Å²) in [4.78, 5) is 12.3. The van der Waals surface area contributed by atoms with Gasteiger partial charge in [-0.2, -0.15) is 8.78 Å². The number of halogens is 2. The van der Waals surface area contributed by atoms with Crippen molar-refractivity contribution in [1.82, 2.24) is 5.32 Å². The molecular weight excluding hydrogens is 348 g/mol. The highest BCUT2D eigenvalue weighted by Crippen LogP contribution is 2.32. The number of alkyl halides is 2. The molecule has 0 atom stereocenters. The molecule has 0 bridgehead atoms. The molecule has 26 heavy (non-hydrogen) atoms. The summed E-state index contributed by atoms with van der Waals surface area (Å²) in [5.41, 5.74) is 1.11. The van der Waals surface area contributed by atoms with E-state index in [-0.39, 0.29) is 42.9 Å². The lowest BCUT2D eigenvalue weighted by Crippen LogP contribution is -2.22. The fourth-order valence-electron chi connectivity index (χ4n) is 2.45. The average Bonchev–Trinajstić information content (AvgIpc) is 3.08. The van der Waals surface area contributed by atoms with Crippen molar-refractivity contribution in [3.8, 4) is 23.0 Å². The lowest BCUT2D eigenvalue weighted by Gasteiger charge is -2.13. The molecule has 0 radical (unpaired) electrons. The third kappa shape index (κ3) is 4.14. The minimum atomic E-state index is -2.97. The first kappa shape index (κ1) is 17.8. The fraction of sp³-hybridized carbons (Fsp3) is 0.278. The number of nitrogens with one attached hydrogen (secondary N) is 1. The number of ether oxygens (including phenoxy) is 4. The summed E-state index contributed by atoms with van der Waals surface area (Å²) < 4.78 is 45.0. The summed E-state index contributed by atoms with van der Waals surface area (Å²) in [7, 11) is 0. The van der Waals surface area contributed by atoms with Gasteiger partial charge in [-0.1, -0.05) is 6.07 Å². The lowest BCUT2D eigenvalue weighted by atomic mass is 10.1. The van der Waals surface area contributed by atoms with Crippen LogP contribution in [-0.2, 0) is 6.54 Å². The van der Waals surface area contributed by atoms with Crippen LogP contribution in [0.15, 0.2) is 36.4 Å². The maximum Gasteiger partial charge on any atom is 0.387 e. The average molecular weight is 365 g/mol. The van der Waals surface area contributed by atoms with Gasteiger partial charge in [0.1, 0.15) is 0 Å². The predicted molar refractivity (Wildman–Crippen MR) is 88.0 cm³/mol. The maximum absolute atomic E-state index is 12.4. The molecule has 1 aliphatic rings. The first-order valence-electron chi connectivity index (χ1n) is 7.95. The molecule has 1 amide bonds. The molecule has 0 unspecified atom stereocenters. The molecule has 0 saturated carbocycles. The number of amides is 1. The van der Waals surface area contributed by atoms with Gasteiger partial charge in [0.2, 0.25) is 6.79 Å². The highest BCUT2D eigenvalue weighted by atomic mass is 19.3. The van der Waals surface area contributed by atoms with Gasteiger partial charge in [0.15, 0.2) is 23.0 Å². The van der Waals surface area contributed by atoms with Crippen LogP contribution in [0, 0.1) is 0 Å². The van der Waals surface area contributed by atoms with Gasteiger partial charge >= 0.3 is 6.61 Å². The molecule has 1 aliphatic heterocycles. The molecule has 8 heteroatoms. The van der Waals surface area contributed by atoms with Crippen molar-refractivity contribution in [2.24, 2.45) is 0 Å². The van der Waals surface area contributed by atoms with E-state index in [4.69, 9.17) is 14.2 Å². The summed E-state index contributed by atoms with van der Waals surface area (Å²) >= 11 is 0. The van der Waals surface area contributed by atoms with E-state index < -0.39 is 6.61 Å². The molecule has 2 aromatic carbocycles. The van der Waals surface area contributed by atoms with Crippen LogP contribution in [0.5, 0.6) is 23.0 Å². The van der Waals surface area contributed by atoms with Gasteiger partial charge in [0, 0.05) is 12.1 Å². The summed E-state index contributed by atoms with van der Waals surface area (Å²) in [6, 6.07) is 9.43. The molecular formula is C18H17F2NO5. The summed E-state index contributed by atoms with van der Waals surface area (Å²) in [5, 5.41) is 2.76. The first-order valence-corrected chi connectivity index (χ1v) is 7.95. The van der Waals surface area contributed by atoms with E-state index in [1.165, 1.54) is 18.2 Å². The quantitative estimate of drug-likeness (QED) is 0.815. The van der Waals surface area contributed by atoms with Crippen LogP contribution in [-0.4, -0.2) is 25.9 Å². The number of rotatable bonds is 7. The van der Waals surface area contributed by atoms with Gasteiger partial charge in [-0.15, -0.1) is 0 Å². The Bertz CT molecular complexity index is 797. The Kier molecular flexibility index (Phi) is 5.40. The molecule has 1 heterocycles. The zero-order valence-corrected chi connectivity index (χ0v) is 14.0.